The highest BCUT2D eigenvalue weighted by Gasteiger charge is 2.51. The molecule has 0 spiro atoms. The Morgan fingerprint density at radius 1 is 1.42 bits per heavy atom. The first-order chi connectivity index (χ1) is 5.67. The lowest BCUT2D eigenvalue weighted by atomic mass is 9.59. The summed E-state index contributed by atoms with van der Waals surface area (Å²) in [5.41, 5.74) is 2.45. The second-order valence-corrected chi connectivity index (χ2v) is 5.27. The highest BCUT2D eigenvalue weighted by Crippen LogP contribution is 2.60. The predicted octanol–water partition coefficient (Wildman–Crippen LogP) is 1.90. The zero-order valence-corrected chi connectivity index (χ0v) is 8.01. The summed E-state index contributed by atoms with van der Waals surface area (Å²) in [5, 5.41) is 0. The van der Waals surface area contributed by atoms with Crippen molar-refractivity contribution in [1.82, 2.24) is 4.90 Å². The van der Waals surface area contributed by atoms with E-state index < -0.39 is 0 Å². The van der Waals surface area contributed by atoms with Crippen molar-refractivity contribution in [3.8, 4) is 0 Å². The lowest BCUT2D eigenvalue weighted by Crippen LogP contribution is -2.44. The Bertz CT molecular complexity index is 250. The quantitative estimate of drug-likeness (QED) is 0.493. The smallest absolute Gasteiger partial charge is 0.00447 e. The fraction of sp³-hybridized carbons (Fsp3) is 0.818. The molecule has 1 heterocycles. The van der Waals surface area contributed by atoms with Crippen LogP contribution in [0.5, 0.6) is 0 Å². The van der Waals surface area contributed by atoms with Gasteiger partial charge in [0.15, 0.2) is 0 Å². The molecule has 2 aliphatic carbocycles. The van der Waals surface area contributed by atoms with Crippen molar-refractivity contribution >= 4 is 0 Å². The Balaban J connectivity index is 1.95. The normalized spacial score (nSPS) is 51.3. The van der Waals surface area contributed by atoms with E-state index in [9.17, 15) is 0 Å². The van der Waals surface area contributed by atoms with Crippen LogP contribution in [0.15, 0.2) is 11.6 Å². The topological polar surface area (TPSA) is 3.24 Å². The third-order valence-corrected chi connectivity index (χ3v) is 4.04. The van der Waals surface area contributed by atoms with Gasteiger partial charge in [-0.15, -0.1) is 0 Å². The number of hydrogen-bond donors (Lipinski definition) is 0. The highest BCUT2D eigenvalue weighted by molar-refractivity contribution is 5.34. The summed E-state index contributed by atoms with van der Waals surface area (Å²) in [6, 6.07) is 0. The van der Waals surface area contributed by atoms with Gasteiger partial charge in [0.25, 0.3) is 0 Å². The van der Waals surface area contributed by atoms with Crippen molar-refractivity contribution in [2.45, 2.75) is 19.8 Å². The molecule has 12 heavy (non-hydrogen) atoms. The first-order valence-corrected chi connectivity index (χ1v) is 5.08. The summed E-state index contributed by atoms with van der Waals surface area (Å²) in [7, 11) is 2.27. The molecule has 0 aromatic carbocycles. The summed E-state index contributed by atoms with van der Waals surface area (Å²) in [6.45, 7) is 5.08. The molecular weight excluding hydrogens is 146 g/mol. The second-order valence-electron chi connectivity index (χ2n) is 5.27. The molecule has 0 N–H and O–H groups in total. The van der Waals surface area contributed by atoms with Gasteiger partial charge in [0, 0.05) is 13.1 Å². The lowest BCUT2D eigenvalue weighted by Gasteiger charge is -2.48. The van der Waals surface area contributed by atoms with Gasteiger partial charge in [-0.1, -0.05) is 18.6 Å². The predicted molar refractivity (Wildman–Crippen MR) is 49.9 cm³/mol. The average molecular weight is 163 g/mol. The lowest BCUT2D eigenvalue weighted by molar-refractivity contribution is 0.107. The summed E-state index contributed by atoms with van der Waals surface area (Å²) in [4.78, 5) is 2.51. The molecule has 3 atom stereocenters. The fourth-order valence-corrected chi connectivity index (χ4v) is 3.69. The summed E-state index contributed by atoms with van der Waals surface area (Å²) >= 11 is 0. The van der Waals surface area contributed by atoms with Crippen molar-refractivity contribution in [3.63, 3.8) is 0 Å². The van der Waals surface area contributed by atoms with Gasteiger partial charge in [0.1, 0.15) is 0 Å². The Kier molecular flexibility index (Phi) is 1.16. The minimum absolute atomic E-state index is 0.649. The maximum Gasteiger partial charge on any atom is 0.00447 e. The third kappa shape index (κ3) is 0.731. The van der Waals surface area contributed by atoms with Crippen molar-refractivity contribution < 1.29 is 0 Å². The van der Waals surface area contributed by atoms with Crippen molar-refractivity contribution in [2.75, 3.05) is 20.1 Å². The van der Waals surface area contributed by atoms with Gasteiger partial charge in [-0.05, 0) is 37.1 Å². The molecule has 0 radical (unpaired) electrons. The standard InChI is InChI=1S/C11H17N/c1-11-4-8-3-10(11)9(5-11)7-12(2)6-8/h3,8-9H,4-7H2,1-2H3. The Labute approximate surface area is 74.4 Å². The minimum Gasteiger partial charge on any atom is -0.305 e. The van der Waals surface area contributed by atoms with Crippen molar-refractivity contribution in [2.24, 2.45) is 17.3 Å². The van der Waals surface area contributed by atoms with Crippen LogP contribution in [-0.2, 0) is 0 Å². The zero-order chi connectivity index (χ0) is 8.34. The number of likely N-dealkylation sites (tertiary alicyclic amines) is 1. The van der Waals surface area contributed by atoms with Crippen LogP contribution in [0.2, 0.25) is 0 Å². The molecule has 2 bridgehead atoms. The van der Waals surface area contributed by atoms with Gasteiger partial charge in [-0.25, -0.2) is 0 Å². The van der Waals surface area contributed by atoms with Crippen LogP contribution in [0.25, 0.3) is 0 Å². The third-order valence-electron chi connectivity index (χ3n) is 4.04. The van der Waals surface area contributed by atoms with Gasteiger partial charge in [0.05, 0.1) is 0 Å². The van der Waals surface area contributed by atoms with E-state index in [4.69, 9.17) is 0 Å². The number of fused-ring (bicyclic) bond motifs is 1. The van der Waals surface area contributed by atoms with Crippen LogP contribution in [0.1, 0.15) is 19.8 Å². The van der Waals surface area contributed by atoms with E-state index in [0.717, 1.165) is 11.8 Å². The summed E-state index contributed by atoms with van der Waals surface area (Å²) in [5.74, 6) is 1.80. The molecule has 1 fully saturated rings. The molecule has 0 amide bonds. The van der Waals surface area contributed by atoms with E-state index in [-0.39, 0.29) is 0 Å². The van der Waals surface area contributed by atoms with E-state index in [2.05, 4.69) is 24.9 Å². The average Bonchev–Trinajstić information content (AvgIpc) is 2.09. The van der Waals surface area contributed by atoms with E-state index in [1.54, 1.807) is 5.57 Å². The first kappa shape index (κ1) is 7.14. The van der Waals surface area contributed by atoms with Gasteiger partial charge in [-0.3, -0.25) is 0 Å². The molecule has 3 aliphatic rings. The van der Waals surface area contributed by atoms with Crippen molar-refractivity contribution in [3.05, 3.63) is 11.6 Å². The molecular formula is C11H17N. The van der Waals surface area contributed by atoms with Crippen LogP contribution in [0.3, 0.4) is 0 Å². The summed E-state index contributed by atoms with van der Waals surface area (Å²) in [6.07, 6.45) is 5.47. The van der Waals surface area contributed by atoms with E-state index in [1.807, 2.05) is 0 Å². The second kappa shape index (κ2) is 1.95. The summed E-state index contributed by atoms with van der Waals surface area (Å²) < 4.78 is 0. The first-order valence-electron chi connectivity index (χ1n) is 5.08. The molecule has 1 heteroatoms. The van der Waals surface area contributed by atoms with Gasteiger partial charge in [-0.2, -0.15) is 0 Å². The van der Waals surface area contributed by atoms with Crippen molar-refractivity contribution in [1.29, 1.82) is 0 Å². The molecule has 3 rings (SSSR count). The van der Waals surface area contributed by atoms with Crippen LogP contribution in [0, 0.1) is 17.3 Å². The minimum atomic E-state index is 0.649. The number of rotatable bonds is 0. The Morgan fingerprint density at radius 3 is 3.08 bits per heavy atom. The van der Waals surface area contributed by atoms with E-state index >= 15 is 0 Å². The fourth-order valence-electron chi connectivity index (χ4n) is 3.69. The van der Waals surface area contributed by atoms with Crippen LogP contribution in [0.4, 0.5) is 0 Å². The molecule has 3 unspecified atom stereocenters. The molecule has 1 saturated carbocycles. The number of hydrogen-bond acceptors (Lipinski definition) is 1. The van der Waals surface area contributed by atoms with Gasteiger partial charge >= 0.3 is 0 Å². The van der Waals surface area contributed by atoms with Gasteiger partial charge < -0.3 is 4.90 Å². The Morgan fingerprint density at radius 2 is 2.25 bits per heavy atom. The molecule has 0 aromatic heterocycles. The SMILES string of the molecule is CN1CC2C=C3C(C1)CC3(C)C2. The van der Waals surface area contributed by atoms with Crippen LogP contribution in [-0.4, -0.2) is 25.0 Å². The van der Waals surface area contributed by atoms with Crippen LogP contribution < -0.4 is 0 Å². The molecule has 1 nitrogen and oxygen atoms in total. The molecule has 0 saturated heterocycles. The highest BCUT2D eigenvalue weighted by atomic mass is 15.1. The molecule has 0 aromatic rings. The van der Waals surface area contributed by atoms with Crippen LogP contribution >= 0.6 is 0 Å². The van der Waals surface area contributed by atoms with Gasteiger partial charge in [0.2, 0.25) is 0 Å². The van der Waals surface area contributed by atoms with E-state index in [1.165, 1.54) is 25.9 Å². The maximum absolute atomic E-state index is 2.58. The Hall–Kier alpha value is -0.300. The molecule has 66 valence electrons. The largest absolute Gasteiger partial charge is 0.305 e. The molecule has 1 aliphatic heterocycles. The zero-order valence-electron chi connectivity index (χ0n) is 8.01. The maximum atomic E-state index is 2.58. The monoisotopic (exact) mass is 163 g/mol. The van der Waals surface area contributed by atoms with E-state index in [0.29, 0.717) is 5.41 Å². The number of nitrogens with zero attached hydrogens (tertiary/aromatic N) is 1.